The highest BCUT2D eigenvalue weighted by atomic mass is 32.2. The molecular weight excluding hydrogens is 360 g/mol. The van der Waals surface area contributed by atoms with Gasteiger partial charge in [-0.3, -0.25) is 19.3 Å². The molecule has 0 aliphatic carbocycles. The third-order valence-electron chi connectivity index (χ3n) is 3.93. The van der Waals surface area contributed by atoms with Crippen LogP contribution in [-0.2, 0) is 9.59 Å². The van der Waals surface area contributed by atoms with Crippen LogP contribution < -0.4 is 5.32 Å². The predicted molar refractivity (Wildman–Crippen MR) is 99.0 cm³/mol. The first-order valence-electron chi connectivity index (χ1n) is 7.90. The molecule has 1 aromatic carbocycles. The second-order valence-corrected chi connectivity index (χ2v) is 7.84. The number of aliphatic hydroxyl groups excluding tert-OH is 1. The molecule has 0 saturated carbocycles. The molecule has 132 valence electrons. The van der Waals surface area contributed by atoms with Crippen molar-refractivity contribution >= 4 is 46.7 Å². The van der Waals surface area contributed by atoms with Crippen molar-refractivity contribution in [1.29, 1.82) is 0 Å². The topological polar surface area (TPSA) is 86.7 Å². The Kier molecular flexibility index (Phi) is 5.82. The van der Waals surface area contributed by atoms with E-state index in [9.17, 15) is 19.5 Å². The van der Waals surface area contributed by atoms with Crippen LogP contribution >= 0.6 is 23.5 Å². The Hall–Kier alpha value is -1.77. The van der Waals surface area contributed by atoms with E-state index in [4.69, 9.17) is 0 Å². The number of imide groups is 1. The molecule has 3 amide bonds. The Morgan fingerprint density at radius 1 is 1.28 bits per heavy atom. The van der Waals surface area contributed by atoms with Gasteiger partial charge in [-0.15, -0.1) is 0 Å². The Bertz CT molecular complexity index is 708. The molecule has 2 atom stereocenters. The van der Waals surface area contributed by atoms with Crippen LogP contribution in [-0.4, -0.2) is 57.3 Å². The van der Waals surface area contributed by atoms with Crippen LogP contribution in [0.3, 0.4) is 0 Å². The van der Waals surface area contributed by atoms with Crippen molar-refractivity contribution in [2.75, 3.05) is 18.1 Å². The third-order valence-corrected chi connectivity index (χ3v) is 6.01. The van der Waals surface area contributed by atoms with Crippen molar-refractivity contribution in [2.45, 2.75) is 18.6 Å². The lowest BCUT2D eigenvalue weighted by atomic mass is 10.2. The van der Waals surface area contributed by atoms with E-state index in [1.807, 2.05) is 30.3 Å². The lowest BCUT2D eigenvalue weighted by Crippen LogP contribution is -2.43. The number of aliphatic hydroxyl groups is 1. The van der Waals surface area contributed by atoms with Gasteiger partial charge in [0.05, 0.1) is 17.1 Å². The Morgan fingerprint density at radius 3 is 2.72 bits per heavy atom. The first-order valence-corrected chi connectivity index (χ1v) is 9.87. The highest BCUT2D eigenvalue weighted by Gasteiger charge is 2.35. The van der Waals surface area contributed by atoms with Crippen LogP contribution in [0.25, 0.3) is 6.08 Å². The maximum atomic E-state index is 12.4. The van der Waals surface area contributed by atoms with Gasteiger partial charge in [0.25, 0.3) is 11.1 Å². The van der Waals surface area contributed by atoms with Crippen LogP contribution in [0.15, 0.2) is 35.2 Å². The van der Waals surface area contributed by atoms with Crippen LogP contribution in [0.5, 0.6) is 0 Å². The van der Waals surface area contributed by atoms with Gasteiger partial charge in [-0.1, -0.05) is 30.3 Å². The van der Waals surface area contributed by atoms with E-state index < -0.39 is 6.10 Å². The van der Waals surface area contributed by atoms with E-state index >= 15 is 0 Å². The molecule has 0 spiro atoms. The first kappa shape index (κ1) is 18.0. The largest absolute Gasteiger partial charge is 0.390 e. The number of rotatable bonds is 5. The molecule has 2 saturated heterocycles. The minimum atomic E-state index is -0.542. The normalized spacial score (nSPS) is 25.0. The number of benzene rings is 1. The molecule has 2 fully saturated rings. The van der Waals surface area contributed by atoms with Gasteiger partial charge in [0.2, 0.25) is 5.91 Å². The van der Waals surface area contributed by atoms with E-state index in [-0.39, 0.29) is 36.1 Å². The average Bonchev–Trinajstić information content (AvgIpc) is 3.11. The second-order valence-electron chi connectivity index (χ2n) is 5.77. The standard InChI is InChI=1S/C17H18N2O4S2/c20-13-10-24-9-12(13)18-15(21)6-7-19-16(22)14(25-17(19)23)8-11-4-2-1-3-5-11/h1-5,8,12-13,20H,6-7,9-10H2,(H,18,21)/b14-8-/t12-,13+/m1/s1. The molecule has 3 rings (SSSR count). The zero-order chi connectivity index (χ0) is 17.8. The fourth-order valence-electron chi connectivity index (χ4n) is 2.57. The van der Waals surface area contributed by atoms with Crippen molar-refractivity contribution in [2.24, 2.45) is 0 Å². The molecule has 2 N–H and O–H groups in total. The highest BCUT2D eigenvalue weighted by molar-refractivity contribution is 8.18. The minimum Gasteiger partial charge on any atom is -0.390 e. The molecule has 0 bridgehead atoms. The quantitative estimate of drug-likeness (QED) is 0.759. The summed E-state index contributed by atoms with van der Waals surface area (Å²) >= 11 is 2.47. The molecule has 2 aliphatic heterocycles. The van der Waals surface area contributed by atoms with E-state index in [2.05, 4.69) is 5.32 Å². The molecule has 1 aromatic rings. The van der Waals surface area contributed by atoms with Gasteiger partial charge >= 0.3 is 0 Å². The molecule has 8 heteroatoms. The summed E-state index contributed by atoms with van der Waals surface area (Å²) in [6.45, 7) is 0.0403. The molecule has 0 radical (unpaired) electrons. The third kappa shape index (κ3) is 4.45. The summed E-state index contributed by atoms with van der Waals surface area (Å²) in [5.41, 5.74) is 0.846. The maximum Gasteiger partial charge on any atom is 0.293 e. The van der Waals surface area contributed by atoms with Gasteiger partial charge < -0.3 is 10.4 Å². The highest BCUT2D eigenvalue weighted by Crippen LogP contribution is 2.32. The molecule has 25 heavy (non-hydrogen) atoms. The Labute approximate surface area is 154 Å². The second kappa shape index (κ2) is 8.07. The number of hydrogen-bond acceptors (Lipinski definition) is 6. The van der Waals surface area contributed by atoms with Crippen LogP contribution in [0.2, 0.25) is 0 Å². The van der Waals surface area contributed by atoms with Gasteiger partial charge in [-0.2, -0.15) is 11.8 Å². The number of hydrogen-bond donors (Lipinski definition) is 2. The average molecular weight is 378 g/mol. The van der Waals surface area contributed by atoms with Gasteiger partial charge in [-0.25, -0.2) is 0 Å². The SMILES string of the molecule is O=C(CCN1C(=O)S/C(=C\c2ccccc2)C1=O)N[C@@H]1CSC[C@@H]1O. The summed E-state index contributed by atoms with van der Waals surface area (Å²) < 4.78 is 0. The van der Waals surface area contributed by atoms with Crippen molar-refractivity contribution in [3.63, 3.8) is 0 Å². The molecule has 6 nitrogen and oxygen atoms in total. The van der Waals surface area contributed by atoms with E-state index in [1.54, 1.807) is 17.8 Å². The van der Waals surface area contributed by atoms with Crippen LogP contribution in [0.4, 0.5) is 4.79 Å². The zero-order valence-electron chi connectivity index (χ0n) is 13.4. The fourth-order valence-corrected chi connectivity index (χ4v) is 4.60. The van der Waals surface area contributed by atoms with Gasteiger partial charge in [-0.05, 0) is 23.4 Å². The molecule has 2 heterocycles. The van der Waals surface area contributed by atoms with Crippen molar-refractivity contribution < 1.29 is 19.5 Å². The number of carbonyl (C=O) groups excluding carboxylic acids is 3. The van der Waals surface area contributed by atoms with Crippen LogP contribution in [0, 0.1) is 0 Å². The van der Waals surface area contributed by atoms with Crippen molar-refractivity contribution in [3.8, 4) is 0 Å². The van der Waals surface area contributed by atoms with Crippen molar-refractivity contribution in [3.05, 3.63) is 40.8 Å². The van der Waals surface area contributed by atoms with E-state index in [0.29, 0.717) is 16.4 Å². The van der Waals surface area contributed by atoms with E-state index in [1.165, 1.54) is 0 Å². The van der Waals surface area contributed by atoms with Gasteiger partial charge in [0.15, 0.2) is 0 Å². The number of nitrogens with one attached hydrogen (secondary N) is 1. The molecular formula is C17H18N2O4S2. The summed E-state index contributed by atoms with van der Waals surface area (Å²) in [6.07, 6.45) is 1.17. The Balaban J connectivity index is 1.56. The lowest BCUT2D eigenvalue weighted by Gasteiger charge is -2.17. The first-order chi connectivity index (χ1) is 12.0. The van der Waals surface area contributed by atoms with Gasteiger partial charge in [0.1, 0.15) is 0 Å². The van der Waals surface area contributed by atoms with Crippen molar-refractivity contribution in [1.82, 2.24) is 10.2 Å². The van der Waals surface area contributed by atoms with Crippen LogP contribution in [0.1, 0.15) is 12.0 Å². The predicted octanol–water partition coefficient (Wildman–Crippen LogP) is 1.71. The number of nitrogens with zero attached hydrogens (tertiary/aromatic N) is 1. The lowest BCUT2D eigenvalue weighted by molar-refractivity contribution is -0.124. The number of carbonyl (C=O) groups is 3. The molecule has 0 aromatic heterocycles. The molecule has 2 aliphatic rings. The summed E-state index contributed by atoms with van der Waals surface area (Å²) in [4.78, 5) is 37.9. The summed E-state index contributed by atoms with van der Waals surface area (Å²) in [7, 11) is 0. The minimum absolute atomic E-state index is 0.0323. The number of thioether (sulfide) groups is 2. The van der Waals surface area contributed by atoms with Gasteiger partial charge in [0, 0.05) is 24.5 Å². The smallest absolute Gasteiger partial charge is 0.293 e. The Morgan fingerprint density at radius 2 is 2.04 bits per heavy atom. The maximum absolute atomic E-state index is 12.4. The summed E-state index contributed by atoms with van der Waals surface area (Å²) in [6, 6.07) is 9.04. The molecule has 0 unspecified atom stereocenters. The summed E-state index contributed by atoms with van der Waals surface area (Å²) in [5, 5.41) is 12.1. The fraction of sp³-hybridized carbons (Fsp3) is 0.353. The van der Waals surface area contributed by atoms with E-state index in [0.717, 1.165) is 22.2 Å². The summed E-state index contributed by atoms with van der Waals surface area (Å²) in [5.74, 6) is 0.646. The zero-order valence-corrected chi connectivity index (χ0v) is 15.0. The number of amides is 3. The monoisotopic (exact) mass is 378 g/mol.